The van der Waals surface area contributed by atoms with Gasteiger partial charge in [-0.25, -0.2) is 13.6 Å². The second-order valence-electron chi connectivity index (χ2n) is 8.49. The van der Waals surface area contributed by atoms with Crippen molar-refractivity contribution >= 4 is 5.97 Å². The van der Waals surface area contributed by atoms with Crippen LogP contribution in [0.5, 0.6) is 11.5 Å². The SMILES string of the molecule is COc1ccc(-c2ccc(C(=O)Oc3ccc(C4CCC(CO)CC4)c(F)c3F)cc2)c(F)c1. The largest absolute Gasteiger partial charge is 0.497 e. The summed E-state index contributed by atoms with van der Waals surface area (Å²) in [6.07, 6.45) is 2.86. The average molecular weight is 470 g/mol. The van der Waals surface area contributed by atoms with E-state index in [1.165, 1.54) is 37.4 Å². The number of carbonyl (C=O) groups excluding carboxylic acids is 1. The first kappa shape index (κ1) is 23.8. The first-order chi connectivity index (χ1) is 16.4. The van der Waals surface area contributed by atoms with Crippen LogP contribution < -0.4 is 9.47 Å². The number of carbonyl (C=O) groups is 1. The number of aliphatic hydroxyl groups excluding tert-OH is 1. The van der Waals surface area contributed by atoms with Crippen LogP contribution in [0.1, 0.15) is 47.5 Å². The van der Waals surface area contributed by atoms with Gasteiger partial charge < -0.3 is 14.6 Å². The van der Waals surface area contributed by atoms with Gasteiger partial charge in [-0.15, -0.1) is 0 Å². The van der Waals surface area contributed by atoms with Crippen molar-refractivity contribution in [3.63, 3.8) is 0 Å². The van der Waals surface area contributed by atoms with Gasteiger partial charge >= 0.3 is 5.97 Å². The summed E-state index contributed by atoms with van der Waals surface area (Å²) < 4.78 is 53.8. The maximum absolute atomic E-state index is 14.8. The Bertz CT molecular complexity index is 1170. The fourth-order valence-corrected chi connectivity index (χ4v) is 4.40. The number of methoxy groups -OCH3 is 1. The van der Waals surface area contributed by atoms with Crippen LogP contribution in [0, 0.1) is 23.4 Å². The van der Waals surface area contributed by atoms with E-state index in [0.29, 0.717) is 29.7 Å². The Morgan fingerprint density at radius 3 is 2.26 bits per heavy atom. The van der Waals surface area contributed by atoms with Gasteiger partial charge in [0.2, 0.25) is 5.82 Å². The van der Waals surface area contributed by atoms with Crippen LogP contribution in [-0.2, 0) is 0 Å². The van der Waals surface area contributed by atoms with Crippen molar-refractivity contribution in [1.29, 1.82) is 0 Å². The van der Waals surface area contributed by atoms with E-state index in [9.17, 15) is 23.1 Å². The smallest absolute Gasteiger partial charge is 0.343 e. The molecule has 4 nitrogen and oxygen atoms in total. The first-order valence-corrected chi connectivity index (χ1v) is 11.2. The van der Waals surface area contributed by atoms with Crippen LogP contribution in [0.4, 0.5) is 13.2 Å². The Labute approximate surface area is 196 Å². The summed E-state index contributed by atoms with van der Waals surface area (Å²) in [5, 5.41) is 9.26. The first-order valence-electron chi connectivity index (χ1n) is 11.2. The van der Waals surface area contributed by atoms with Crippen molar-refractivity contribution in [1.82, 2.24) is 0 Å². The van der Waals surface area contributed by atoms with Crippen molar-refractivity contribution in [3.8, 4) is 22.6 Å². The van der Waals surface area contributed by atoms with Gasteiger partial charge in [0, 0.05) is 18.2 Å². The van der Waals surface area contributed by atoms with Crippen LogP contribution >= 0.6 is 0 Å². The standard InChI is InChI=1S/C27H25F3O4/c1-33-20-10-11-21(23(28)14-20)17-6-8-19(9-7-17)27(32)34-24-13-12-22(25(29)26(24)30)18-4-2-16(15-31)3-5-18/h6-14,16,18,31H,2-5,15H2,1H3. The minimum absolute atomic E-state index is 0.106. The minimum atomic E-state index is -1.20. The van der Waals surface area contributed by atoms with Crippen LogP contribution in [0.3, 0.4) is 0 Å². The van der Waals surface area contributed by atoms with Gasteiger partial charge in [-0.2, -0.15) is 4.39 Å². The van der Waals surface area contributed by atoms with Crippen LogP contribution in [0.25, 0.3) is 11.1 Å². The molecule has 1 aliphatic rings. The average Bonchev–Trinajstić information content (AvgIpc) is 2.87. The quantitative estimate of drug-likeness (QED) is 0.341. The predicted molar refractivity (Wildman–Crippen MR) is 121 cm³/mol. The second-order valence-corrected chi connectivity index (χ2v) is 8.49. The Balaban J connectivity index is 1.47. The van der Waals surface area contributed by atoms with Gasteiger partial charge in [0.1, 0.15) is 11.6 Å². The fourth-order valence-electron chi connectivity index (χ4n) is 4.40. The summed E-state index contributed by atoms with van der Waals surface area (Å²) in [4.78, 5) is 12.5. The summed E-state index contributed by atoms with van der Waals surface area (Å²) in [5.41, 5.74) is 1.25. The van der Waals surface area contributed by atoms with Crippen molar-refractivity contribution < 1.29 is 32.5 Å². The molecule has 0 heterocycles. The molecule has 3 aromatic rings. The lowest BCUT2D eigenvalue weighted by Gasteiger charge is -2.28. The Kier molecular flexibility index (Phi) is 7.22. The zero-order valence-electron chi connectivity index (χ0n) is 18.7. The molecular formula is C27H25F3O4. The number of rotatable bonds is 6. The third-order valence-electron chi connectivity index (χ3n) is 6.43. The molecular weight excluding hydrogens is 445 g/mol. The molecule has 4 rings (SSSR count). The molecule has 1 fully saturated rings. The molecule has 0 aromatic heterocycles. The number of aliphatic hydroxyl groups is 1. The van der Waals surface area contributed by atoms with E-state index in [0.717, 1.165) is 12.8 Å². The number of hydrogen-bond donors (Lipinski definition) is 1. The van der Waals surface area contributed by atoms with E-state index < -0.39 is 29.2 Å². The summed E-state index contributed by atoms with van der Waals surface area (Å²) in [6, 6.07) is 13.1. The third kappa shape index (κ3) is 4.94. The molecule has 0 bridgehead atoms. The van der Waals surface area contributed by atoms with E-state index in [1.54, 1.807) is 24.3 Å². The topological polar surface area (TPSA) is 55.8 Å². The number of esters is 1. The lowest BCUT2D eigenvalue weighted by atomic mass is 9.79. The van der Waals surface area contributed by atoms with Gasteiger partial charge in [0.15, 0.2) is 11.6 Å². The molecule has 0 amide bonds. The molecule has 0 atom stereocenters. The molecule has 178 valence electrons. The highest BCUT2D eigenvalue weighted by Crippen LogP contribution is 2.38. The maximum Gasteiger partial charge on any atom is 0.343 e. The van der Waals surface area contributed by atoms with Crippen molar-refractivity contribution in [2.75, 3.05) is 13.7 Å². The van der Waals surface area contributed by atoms with Crippen molar-refractivity contribution in [3.05, 3.63) is 83.2 Å². The summed E-state index contributed by atoms with van der Waals surface area (Å²) in [6.45, 7) is 0.106. The maximum atomic E-state index is 14.8. The number of benzene rings is 3. The Morgan fingerprint density at radius 2 is 1.65 bits per heavy atom. The lowest BCUT2D eigenvalue weighted by Crippen LogP contribution is -2.17. The molecule has 1 aliphatic carbocycles. The third-order valence-corrected chi connectivity index (χ3v) is 6.43. The van der Waals surface area contributed by atoms with Gasteiger partial charge in [0.05, 0.1) is 12.7 Å². The lowest BCUT2D eigenvalue weighted by molar-refractivity contribution is 0.0726. The molecule has 0 aliphatic heterocycles. The second kappa shape index (κ2) is 10.3. The summed E-state index contributed by atoms with van der Waals surface area (Å²) in [5.74, 6) is -3.56. The Hall–Kier alpha value is -3.32. The van der Waals surface area contributed by atoms with Gasteiger partial charge in [-0.05, 0) is 79.0 Å². The van der Waals surface area contributed by atoms with Gasteiger partial charge in [0.25, 0.3) is 0 Å². The van der Waals surface area contributed by atoms with Crippen LogP contribution in [0.15, 0.2) is 54.6 Å². The number of hydrogen-bond acceptors (Lipinski definition) is 4. The van der Waals surface area contributed by atoms with E-state index in [-0.39, 0.29) is 29.6 Å². The van der Waals surface area contributed by atoms with E-state index >= 15 is 0 Å². The normalized spacial score (nSPS) is 17.9. The summed E-state index contributed by atoms with van der Waals surface area (Å²) >= 11 is 0. The zero-order valence-corrected chi connectivity index (χ0v) is 18.7. The van der Waals surface area contributed by atoms with Crippen LogP contribution in [0.2, 0.25) is 0 Å². The number of halogens is 3. The molecule has 3 aromatic carbocycles. The minimum Gasteiger partial charge on any atom is -0.497 e. The molecule has 0 radical (unpaired) electrons. The monoisotopic (exact) mass is 470 g/mol. The molecule has 1 N–H and O–H groups in total. The van der Waals surface area contributed by atoms with Crippen LogP contribution in [-0.4, -0.2) is 24.8 Å². The molecule has 1 saturated carbocycles. The summed E-state index contributed by atoms with van der Waals surface area (Å²) in [7, 11) is 1.44. The van der Waals surface area contributed by atoms with E-state index in [4.69, 9.17) is 9.47 Å². The van der Waals surface area contributed by atoms with Gasteiger partial charge in [-0.1, -0.05) is 18.2 Å². The highest BCUT2D eigenvalue weighted by Gasteiger charge is 2.27. The Morgan fingerprint density at radius 1 is 0.941 bits per heavy atom. The van der Waals surface area contributed by atoms with E-state index in [1.807, 2.05) is 0 Å². The van der Waals surface area contributed by atoms with Gasteiger partial charge in [-0.3, -0.25) is 0 Å². The highest BCUT2D eigenvalue weighted by atomic mass is 19.2. The highest BCUT2D eigenvalue weighted by molar-refractivity contribution is 5.91. The molecule has 7 heteroatoms. The molecule has 34 heavy (non-hydrogen) atoms. The fraction of sp³-hybridized carbons (Fsp3) is 0.296. The zero-order chi connectivity index (χ0) is 24.2. The van der Waals surface area contributed by atoms with Crippen molar-refractivity contribution in [2.24, 2.45) is 5.92 Å². The molecule has 0 unspecified atom stereocenters. The molecule has 0 spiro atoms. The van der Waals surface area contributed by atoms with Crippen molar-refractivity contribution in [2.45, 2.75) is 31.6 Å². The predicted octanol–water partition coefficient (Wildman–Crippen LogP) is 6.26. The van der Waals surface area contributed by atoms with E-state index in [2.05, 4.69) is 0 Å². The molecule has 0 saturated heterocycles. The number of ether oxygens (including phenoxy) is 2.